The van der Waals surface area contributed by atoms with Crippen LogP contribution in [0.2, 0.25) is 0 Å². The number of primary sulfonamides is 1. The second-order valence-corrected chi connectivity index (χ2v) is 8.90. The van der Waals surface area contributed by atoms with Crippen LogP contribution in [0.5, 0.6) is 0 Å². The molecule has 148 valence electrons. The minimum atomic E-state index is -3.73. The molecule has 9 heteroatoms. The molecule has 1 amide bonds. The number of sulfonamides is 1. The Bertz CT molecular complexity index is 839. The van der Waals surface area contributed by atoms with Crippen LogP contribution < -0.4 is 15.8 Å². The molecule has 2 aliphatic rings. The zero-order chi connectivity index (χ0) is 19.5. The summed E-state index contributed by atoms with van der Waals surface area (Å²) in [5.41, 5.74) is 0.764. The number of amides is 1. The Morgan fingerprint density at radius 2 is 2.26 bits per heavy atom. The molecule has 3 rings (SSSR count). The second-order valence-electron chi connectivity index (χ2n) is 7.34. The molecule has 4 N–H and O–H groups in total. The molecule has 2 saturated heterocycles. The number of aliphatic imine (C=N–C) groups is 1. The molecule has 1 aromatic carbocycles. The molecule has 27 heavy (non-hydrogen) atoms. The topological polar surface area (TPSA) is 117 Å². The zero-order valence-electron chi connectivity index (χ0n) is 15.6. The Morgan fingerprint density at radius 3 is 2.93 bits per heavy atom. The molecule has 2 heterocycles. The fourth-order valence-corrected chi connectivity index (χ4v) is 4.43. The molecule has 0 aliphatic carbocycles. The summed E-state index contributed by atoms with van der Waals surface area (Å²) < 4.78 is 23.1. The number of benzene rings is 1. The highest BCUT2D eigenvalue weighted by molar-refractivity contribution is 7.89. The van der Waals surface area contributed by atoms with E-state index in [4.69, 9.17) is 10.1 Å². The largest absolute Gasteiger partial charge is 0.357 e. The van der Waals surface area contributed by atoms with E-state index in [0.717, 1.165) is 50.5 Å². The van der Waals surface area contributed by atoms with Gasteiger partial charge >= 0.3 is 0 Å². The van der Waals surface area contributed by atoms with Crippen molar-refractivity contribution in [2.75, 3.05) is 26.2 Å². The van der Waals surface area contributed by atoms with Gasteiger partial charge in [-0.1, -0.05) is 12.1 Å². The molecule has 1 unspecified atom stereocenters. The smallest absolute Gasteiger partial charge is 0.238 e. The fourth-order valence-electron chi connectivity index (χ4n) is 3.84. The molecule has 1 aromatic rings. The zero-order valence-corrected chi connectivity index (χ0v) is 16.4. The van der Waals surface area contributed by atoms with Crippen LogP contribution in [0.1, 0.15) is 31.7 Å². The maximum absolute atomic E-state index is 11.7. The molecule has 0 saturated carbocycles. The predicted octanol–water partition coefficient (Wildman–Crippen LogP) is 0.402. The highest BCUT2D eigenvalue weighted by Gasteiger charge is 2.42. The van der Waals surface area contributed by atoms with Gasteiger partial charge in [0.1, 0.15) is 0 Å². The van der Waals surface area contributed by atoms with Gasteiger partial charge in [0, 0.05) is 38.0 Å². The van der Waals surface area contributed by atoms with Gasteiger partial charge in [0.05, 0.1) is 11.4 Å². The van der Waals surface area contributed by atoms with Gasteiger partial charge in [-0.3, -0.25) is 4.79 Å². The molecular weight excluding hydrogens is 366 g/mol. The number of guanidine groups is 1. The number of hydrogen-bond donors (Lipinski definition) is 3. The SMILES string of the molecule is CCNC(=NCc1cccc(S(N)(=O)=O)c1)N1CCCC2(CNC(=O)C2)C1. The van der Waals surface area contributed by atoms with Crippen LogP contribution in [0.25, 0.3) is 0 Å². The Kier molecular flexibility index (Phi) is 5.71. The van der Waals surface area contributed by atoms with Gasteiger partial charge in [0.2, 0.25) is 15.9 Å². The quantitative estimate of drug-likeness (QED) is 0.506. The van der Waals surface area contributed by atoms with Crippen molar-refractivity contribution in [1.82, 2.24) is 15.5 Å². The lowest BCUT2D eigenvalue weighted by Gasteiger charge is -2.40. The number of rotatable bonds is 4. The number of nitrogens with zero attached hydrogens (tertiary/aromatic N) is 2. The van der Waals surface area contributed by atoms with E-state index in [-0.39, 0.29) is 16.2 Å². The normalized spacial score (nSPS) is 23.6. The van der Waals surface area contributed by atoms with Crippen molar-refractivity contribution in [3.05, 3.63) is 29.8 Å². The first-order chi connectivity index (χ1) is 12.8. The van der Waals surface area contributed by atoms with Gasteiger partial charge in [0.15, 0.2) is 5.96 Å². The standard InChI is InChI=1S/C18H27N5O3S/c1-2-20-17(21-11-14-5-3-6-15(9-14)27(19,25)26)23-8-4-7-18(13-23)10-16(24)22-12-18/h3,5-6,9H,2,4,7-8,10-13H2,1H3,(H,20,21)(H,22,24)(H2,19,25,26). The van der Waals surface area contributed by atoms with Gasteiger partial charge in [0.25, 0.3) is 0 Å². The Labute approximate surface area is 160 Å². The molecule has 1 atom stereocenters. The lowest BCUT2D eigenvalue weighted by Crippen LogP contribution is -2.51. The second kappa shape index (κ2) is 7.85. The van der Waals surface area contributed by atoms with E-state index in [1.54, 1.807) is 12.1 Å². The van der Waals surface area contributed by atoms with Gasteiger partial charge in [-0.25, -0.2) is 18.5 Å². The van der Waals surface area contributed by atoms with E-state index in [1.807, 2.05) is 13.0 Å². The summed E-state index contributed by atoms with van der Waals surface area (Å²) in [6.07, 6.45) is 2.62. The summed E-state index contributed by atoms with van der Waals surface area (Å²) >= 11 is 0. The number of nitrogens with one attached hydrogen (secondary N) is 2. The van der Waals surface area contributed by atoms with E-state index in [9.17, 15) is 13.2 Å². The van der Waals surface area contributed by atoms with E-state index in [0.29, 0.717) is 13.0 Å². The first-order valence-electron chi connectivity index (χ1n) is 9.23. The Hall–Kier alpha value is -2.13. The van der Waals surface area contributed by atoms with Crippen molar-refractivity contribution in [3.8, 4) is 0 Å². The van der Waals surface area contributed by atoms with Crippen molar-refractivity contribution in [2.24, 2.45) is 15.5 Å². The van der Waals surface area contributed by atoms with E-state index >= 15 is 0 Å². The highest BCUT2D eigenvalue weighted by Crippen LogP contribution is 2.36. The number of carbonyl (C=O) groups is 1. The third-order valence-electron chi connectivity index (χ3n) is 5.13. The summed E-state index contributed by atoms with van der Waals surface area (Å²) in [4.78, 5) is 18.7. The first-order valence-corrected chi connectivity index (χ1v) is 10.8. The Morgan fingerprint density at radius 1 is 1.44 bits per heavy atom. The maximum Gasteiger partial charge on any atom is 0.238 e. The summed E-state index contributed by atoms with van der Waals surface area (Å²) in [5, 5.41) is 11.5. The average molecular weight is 394 g/mol. The minimum absolute atomic E-state index is 0.0148. The fraction of sp³-hybridized carbons (Fsp3) is 0.556. The summed E-state index contributed by atoms with van der Waals surface area (Å²) in [6, 6.07) is 6.54. The molecule has 0 aromatic heterocycles. The first kappa shape index (κ1) is 19.6. The highest BCUT2D eigenvalue weighted by atomic mass is 32.2. The molecular formula is C18H27N5O3S. The molecule has 8 nitrogen and oxygen atoms in total. The third-order valence-corrected chi connectivity index (χ3v) is 6.04. The number of piperidine rings is 1. The van der Waals surface area contributed by atoms with E-state index < -0.39 is 10.0 Å². The number of hydrogen-bond acceptors (Lipinski definition) is 4. The summed E-state index contributed by atoms with van der Waals surface area (Å²) in [7, 11) is -3.73. The van der Waals surface area contributed by atoms with Crippen LogP contribution >= 0.6 is 0 Å². The average Bonchev–Trinajstić information content (AvgIpc) is 2.98. The number of likely N-dealkylation sites (tertiary alicyclic amines) is 1. The van der Waals surface area contributed by atoms with Crippen molar-refractivity contribution >= 4 is 21.9 Å². The summed E-state index contributed by atoms with van der Waals surface area (Å²) in [5.74, 6) is 0.913. The number of nitrogens with two attached hydrogens (primary N) is 1. The van der Waals surface area contributed by atoms with Crippen LogP contribution in [0.15, 0.2) is 34.2 Å². The van der Waals surface area contributed by atoms with E-state index in [1.165, 1.54) is 6.07 Å². The van der Waals surface area contributed by atoms with Crippen LogP contribution in [0, 0.1) is 5.41 Å². The van der Waals surface area contributed by atoms with Crippen molar-refractivity contribution < 1.29 is 13.2 Å². The molecule has 0 radical (unpaired) electrons. The van der Waals surface area contributed by atoms with Gasteiger partial charge in [-0.2, -0.15) is 0 Å². The lowest BCUT2D eigenvalue weighted by molar-refractivity contribution is -0.119. The Balaban J connectivity index is 1.76. The van der Waals surface area contributed by atoms with Crippen molar-refractivity contribution in [1.29, 1.82) is 0 Å². The molecule has 1 spiro atoms. The molecule has 2 aliphatic heterocycles. The van der Waals surface area contributed by atoms with Crippen molar-refractivity contribution in [3.63, 3.8) is 0 Å². The van der Waals surface area contributed by atoms with E-state index in [2.05, 4.69) is 15.5 Å². The minimum Gasteiger partial charge on any atom is -0.357 e. The van der Waals surface area contributed by atoms with Crippen LogP contribution in [-0.4, -0.2) is 51.4 Å². The lowest BCUT2D eigenvalue weighted by atomic mass is 9.79. The van der Waals surface area contributed by atoms with Gasteiger partial charge in [-0.15, -0.1) is 0 Å². The maximum atomic E-state index is 11.7. The molecule has 2 fully saturated rings. The van der Waals surface area contributed by atoms with Crippen LogP contribution in [0.3, 0.4) is 0 Å². The molecule has 0 bridgehead atoms. The summed E-state index contributed by atoms with van der Waals surface area (Å²) in [6.45, 7) is 5.49. The van der Waals surface area contributed by atoms with Gasteiger partial charge < -0.3 is 15.5 Å². The number of carbonyl (C=O) groups excluding carboxylic acids is 1. The third kappa shape index (κ3) is 4.78. The monoisotopic (exact) mass is 393 g/mol. The van der Waals surface area contributed by atoms with Gasteiger partial charge in [-0.05, 0) is 37.5 Å². The van der Waals surface area contributed by atoms with Crippen molar-refractivity contribution in [2.45, 2.75) is 37.6 Å². The van der Waals surface area contributed by atoms with Crippen LogP contribution in [-0.2, 0) is 21.4 Å². The predicted molar refractivity (Wildman–Crippen MR) is 103 cm³/mol. The van der Waals surface area contributed by atoms with Crippen LogP contribution in [0.4, 0.5) is 0 Å².